The van der Waals surface area contributed by atoms with Crippen molar-refractivity contribution in [2.75, 3.05) is 5.32 Å². The van der Waals surface area contributed by atoms with E-state index in [1.165, 1.54) is 5.56 Å². The quantitative estimate of drug-likeness (QED) is 0.560. The molecule has 1 amide bonds. The largest absolute Gasteiger partial charge is 0.319 e. The molecule has 0 aromatic heterocycles. The molecule has 3 rings (SSSR count). The van der Waals surface area contributed by atoms with Gasteiger partial charge in [0.1, 0.15) is 0 Å². The van der Waals surface area contributed by atoms with Crippen LogP contribution < -0.4 is 5.32 Å². The van der Waals surface area contributed by atoms with E-state index in [0.29, 0.717) is 0 Å². The first kappa shape index (κ1) is 21.3. The fourth-order valence-electron chi connectivity index (χ4n) is 4.68. The lowest BCUT2D eigenvalue weighted by Gasteiger charge is -2.29. The van der Waals surface area contributed by atoms with Crippen LogP contribution in [-0.2, 0) is 15.0 Å². The number of carbonyl (C=O) groups is 2. The third kappa shape index (κ3) is 4.60. The predicted molar refractivity (Wildman–Crippen MR) is 119 cm³/mol. The van der Waals surface area contributed by atoms with E-state index in [4.69, 9.17) is 0 Å². The molecule has 1 fully saturated rings. The van der Waals surface area contributed by atoms with Gasteiger partial charge in [-0.25, -0.2) is 0 Å². The normalized spacial score (nSPS) is 15.7. The molecule has 1 N–H and O–H groups in total. The molecule has 2 aromatic carbocycles. The van der Waals surface area contributed by atoms with Crippen LogP contribution in [0.15, 0.2) is 48.5 Å². The molecule has 154 valence electrons. The van der Waals surface area contributed by atoms with Crippen LogP contribution in [-0.4, -0.2) is 11.7 Å². The lowest BCUT2D eigenvalue weighted by atomic mass is 9.75. The van der Waals surface area contributed by atoms with Gasteiger partial charge in [0, 0.05) is 17.5 Å². The Kier molecular flexibility index (Phi) is 6.56. The molecule has 3 nitrogen and oxygen atoms in total. The third-order valence-corrected chi connectivity index (χ3v) is 6.31. The summed E-state index contributed by atoms with van der Waals surface area (Å²) < 4.78 is 0. The standard InChI is InChI=1S/C26H33NO2/c1-18(2)21-13-10-14-22(19(3)4)24(21)27-25(29)23(28)17-26(15-8-9-16-26)20-11-6-5-7-12-20/h5-7,10-14,18-19H,8-9,15-17H2,1-4H3,(H,27,29). The number of rotatable bonds is 7. The van der Waals surface area contributed by atoms with Crippen LogP contribution in [0.2, 0.25) is 0 Å². The Bertz CT molecular complexity index is 835. The van der Waals surface area contributed by atoms with E-state index in [1.54, 1.807) is 0 Å². The number of para-hydroxylation sites is 1. The maximum Gasteiger partial charge on any atom is 0.291 e. The van der Waals surface area contributed by atoms with Gasteiger partial charge >= 0.3 is 0 Å². The number of Topliss-reactive ketones (excluding diaryl/α,β-unsaturated/α-hetero) is 1. The highest BCUT2D eigenvalue weighted by atomic mass is 16.2. The molecular formula is C26H33NO2. The molecular weight excluding hydrogens is 358 g/mol. The van der Waals surface area contributed by atoms with E-state index >= 15 is 0 Å². The van der Waals surface area contributed by atoms with Gasteiger partial charge in [-0.05, 0) is 41.4 Å². The molecule has 1 aliphatic rings. The molecule has 29 heavy (non-hydrogen) atoms. The summed E-state index contributed by atoms with van der Waals surface area (Å²) in [6.45, 7) is 8.44. The fraction of sp³-hybridized carbons (Fsp3) is 0.462. The van der Waals surface area contributed by atoms with Crippen molar-refractivity contribution in [2.45, 2.75) is 77.0 Å². The zero-order chi connectivity index (χ0) is 21.0. The summed E-state index contributed by atoms with van der Waals surface area (Å²) in [7, 11) is 0. The van der Waals surface area contributed by atoms with Crippen LogP contribution in [0.3, 0.4) is 0 Å². The molecule has 1 aliphatic carbocycles. The van der Waals surface area contributed by atoms with Gasteiger partial charge in [-0.15, -0.1) is 0 Å². The van der Waals surface area contributed by atoms with Gasteiger partial charge in [-0.3, -0.25) is 9.59 Å². The Labute approximate surface area is 174 Å². The van der Waals surface area contributed by atoms with Crippen LogP contribution in [0.4, 0.5) is 5.69 Å². The second kappa shape index (κ2) is 8.94. The smallest absolute Gasteiger partial charge is 0.291 e. The number of amides is 1. The van der Waals surface area contributed by atoms with Gasteiger partial charge in [-0.2, -0.15) is 0 Å². The van der Waals surface area contributed by atoms with Crippen LogP contribution in [0, 0.1) is 0 Å². The highest BCUT2D eigenvalue weighted by molar-refractivity contribution is 6.41. The summed E-state index contributed by atoms with van der Waals surface area (Å²) in [6, 6.07) is 16.4. The van der Waals surface area contributed by atoms with E-state index in [-0.39, 0.29) is 29.5 Å². The van der Waals surface area contributed by atoms with E-state index < -0.39 is 5.91 Å². The van der Waals surface area contributed by atoms with Crippen LogP contribution in [0.5, 0.6) is 0 Å². The summed E-state index contributed by atoms with van der Waals surface area (Å²) in [4.78, 5) is 26.0. The second-order valence-electron chi connectivity index (χ2n) is 9.03. The van der Waals surface area contributed by atoms with Crippen LogP contribution >= 0.6 is 0 Å². The van der Waals surface area contributed by atoms with Gasteiger partial charge in [0.2, 0.25) is 5.78 Å². The third-order valence-electron chi connectivity index (χ3n) is 6.31. The van der Waals surface area contributed by atoms with E-state index in [1.807, 2.05) is 36.4 Å². The van der Waals surface area contributed by atoms with Crippen molar-refractivity contribution < 1.29 is 9.59 Å². The van der Waals surface area contributed by atoms with Crippen molar-refractivity contribution >= 4 is 17.4 Å². The summed E-state index contributed by atoms with van der Waals surface area (Å²) >= 11 is 0. The zero-order valence-corrected chi connectivity index (χ0v) is 18.1. The van der Waals surface area contributed by atoms with Gasteiger partial charge in [0.25, 0.3) is 5.91 Å². The fourth-order valence-corrected chi connectivity index (χ4v) is 4.68. The molecule has 0 radical (unpaired) electrons. The number of ketones is 1. The van der Waals surface area contributed by atoms with Crippen molar-refractivity contribution in [2.24, 2.45) is 0 Å². The van der Waals surface area contributed by atoms with Crippen LogP contribution in [0.1, 0.15) is 88.3 Å². The monoisotopic (exact) mass is 391 g/mol. The van der Waals surface area contributed by atoms with E-state index in [2.05, 4.69) is 45.1 Å². The first-order valence-corrected chi connectivity index (χ1v) is 10.9. The average Bonchev–Trinajstić information content (AvgIpc) is 3.18. The van der Waals surface area contributed by atoms with Crippen molar-refractivity contribution in [3.8, 4) is 0 Å². The molecule has 3 heteroatoms. The molecule has 1 saturated carbocycles. The topological polar surface area (TPSA) is 46.2 Å². The van der Waals surface area contributed by atoms with Gasteiger partial charge in [-0.1, -0.05) is 89.1 Å². The minimum atomic E-state index is -0.484. The number of hydrogen-bond acceptors (Lipinski definition) is 2. The Morgan fingerprint density at radius 2 is 1.41 bits per heavy atom. The minimum absolute atomic E-state index is 0.200. The highest BCUT2D eigenvalue weighted by Gasteiger charge is 2.39. The van der Waals surface area contributed by atoms with Gasteiger partial charge in [0.15, 0.2) is 0 Å². The maximum absolute atomic E-state index is 13.0. The van der Waals surface area contributed by atoms with Crippen molar-refractivity contribution in [1.29, 1.82) is 0 Å². The summed E-state index contributed by atoms with van der Waals surface area (Å²) in [5.41, 5.74) is 3.96. The van der Waals surface area contributed by atoms with Gasteiger partial charge in [0.05, 0.1) is 0 Å². The van der Waals surface area contributed by atoms with Crippen molar-refractivity contribution in [3.05, 3.63) is 65.2 Å². The number of benzene rings is 2. The summed E-state index contributed by atoms with van der Waals surface area (Å²) in [5, 5.41) is 3.00. The number of anilines is 1. The highest BCUT2D eigenvalue weighted by Crippen LogP contribution is 2.44. The zero-order valence-electron chi connectivity index (χ0n) is 18.1. The predicted octanol–water partition coefficient (Wildman–Crippen LogP) is 6.34. The van der Waals surface area contributed by atoms with Crippen LogP contribution in [0.25, 0.3) is 0 Å². The first-order chi connectivity index (χ1) is 13.8. The van der Waals surface area contributed by atoms with Gasteiger partial charge < -0.3 is 5.32 Å². The summed E-state index contributed by atoms with van der Waals surface area (Å²) in [6.07, 6.45) is 4.43. The Morgan fingerprint density at radius 3 is 1.93 bits per heavy atom. The van der Waals surface area contributed by atoms with Crippen molar-refractivity contribution in [1.82, 2.24) is 0 Å². The number of hydrogen-bond donors (Lipinski definition) is 1. The Morgan fingerprint density at radius 1 is 0.862 bits per heavy atom. The first-order valence-electron chi connectivity index (χ1n) is 10.9. The molecule has 2 aromatic rings. The minimum Gasteiger partial charge on any atom is -0.319 e. The Balaban J connectivity index is 1.84. The average molecular weight is 392 g/mol. The summed E-state index contributed by atoms with van der Waals surface area (Å²) in [5.74, 6) is -0.264. The SMILES string of the molecule is CC(C)c1cccc(C(C)C)c1NC(=O)C(=O)CC1(c2ccccc2)CCCC1. The Hall–Kier alpha value is -2.42. The van der Waals surface area contributed by atoms with E-state index in [9.17, 15) is 9.59 Å². The molecule has 0 atom stereocenters. The molecule has 0 heterocycles. The molecule has 0 bridgehead atoms. The number of nitrogens with one attached hydrogen (secondary N) is 1. The molecule has 0 saturated heterocycles. The maximum atomic E-state index is 13.0. The number of carbonyl (C=O) groups excluding carboxylic acids is 2. The lowest BCUT2D eigenvalue weighted by molar-refractivity contribution is -0.135. The molecule has 0 aliphatic heterocycles. The van der Waals surface area contributed by atoms with E-state index in [0.717, 1.165) is 42.5 Å². The lowest BCUT2D eigenvalue weighted by Crippen LogP contribution is -2.32. The second-order valence-corrected chi connectivity index (χ2v) is 9.03. The molecule has 0 spiro atoms. The molecule has 0 unspecified atom stereocenters. The van der Waals surface area contributed by atoms with Crippen molar-refractivity contribution in [3.63, 3.8) is 0 Å².